The van der Waals surface area contributed by atoms with E-state index in [1.165, 1.54) is 5.56 Å². The van der Waals surface area contributed by atoms with Gasteiger partial charge in [-0.25, -0.2) is 0 Å². The highest BCUT2D eigenvalue weighted by atomic mass is 19.1. The summed E-state index contributed by atoms with van der Waals surface area (Å²) in [5, 5.41) is 3.23. The molecule has 0 bridgehead atoms. The van der Waals surface area contributed by atoms with Gasteiger partial charge in [0, 0.05) is 18.4 Å². The van der Waals surface area contributed by atoms with Crippen molar-refractivity contribution in [2.75, 3.05) is 13.2 Å². The molecule has 1 aromatic rings. The van der Waals surface area contributed by atoms with Crippen LogP contribution in [-0.2, 0) is 0 Å². The Balaban J connectivity index is 2.35. The normalized spacial score (nSPS) is 12.8. The summed E-state index contributed by atoms with van der Waals surface area (Å²) < 4.78 is 11.8. The molecule has 1 N–H and O–H groups in total. The van der Waals surface area contributed by atoms with Crippen LogP contribution in [0.3, 0.4) is 0 Å². The van der Waals surface area contributed by atoms with E-state index >= 15 is 0 Å². The fraction of sp³-hybridized carbons (Fsp3) is 0.500. The highest BCUT2D eigenvalue weighted by molar-refractivity contribution is 5.13. The number of alkyl halides is 1. The quantitative estimate of drug-likeness (QED) is 0.705. The van der Waals surface area contributed by atoms with Crippen molar-refractivity contribution in [1.29, 1.82) is 0 Å². The van der Waals surface area contributed by atoms with Crippen LogP contribution < -0.4 is 5.32 Å². The zero-order valence-corrected chi connectivity index (χ0v) is 7.83. The van der Waals surface area contributed by atoms with Crippen molar-refractivity contribution in [3.8, 4) is 0 Å². The number of nitrogens with zero attached hydrogens (tertiary/aromatic N) is 1. The summed E-state index contributed by atoms with van der Waals surface area (Å²) in [5.74, 6) is 0. The standard InChI is InChI=1S/C10H15FN2/c1-9(13-6-2-5-11)10-3-7-12-8-4-10/h3-4,7-9,13H,2,5-6H2,1H3/t9-/m1/s1. The first-order valence-corrected chi connectivity index (χ1v) is 4.54. The first-order chi connectivity index (χ1) is 6.34. The Hall–Kier alpha value is -0.960. The molecule has 0 saturated carbocycles. The molecule has 1 aromatic heterocycles. The highest BCUT2D eigenvalue weighted by Gasteiger charge is 2.02. The maximum atomic E-state index is 11.8. The average molecular weight is 182 g/mol. The molecule has 1 heterocycles. The number of pyridine rings is 1. The molecule has 1 rings (SSSR count). The summed E-state index contributed by atoms with van der Waals surface area (Å²) >= 11 is 0. The van der Waals surface area contributed by atoms with Crippen molar-refractivity contribution in [3.63, 3.8) is 0 Å². The number of nitrogens with one attached hydrogen (secondary N) is 1. The zero-order valence-electron chi connectivity index (χ0n) is 7.83. The lowest BCUT2D eigenvalue weighted by Crippen LogP contribution is -2.20. The Morgan fingerprint density at radius 3 is 2.77 bits per heavy atom. The van der Waals surface area contributed by atoms with Crippen LogP contribution in [0.4, 0.5) is 4.39 Å². The van der Waals surface area contributed by atoms with Gasteiger partial charge in [-0.1, -0.05) is 0 Å². The third-order valence-electron chi connectivity index (χ3n) is 1.97. The molecular formula is C10H15FN2. The number of halogens is 1. The summed E-state index contributed by atoms with van der Waals surface area (Å²) in [7, 11) is 0. The van der Waals surface area contributed by atoms with Gasteiger partial charge >= 0.3 is 0 Å². The Kier molecular flexibility index (Phi) is 4.40. The van der Waals surface area contributed by atoms with Gasteiger partial charge < -0.3 is 5.32 Å². The smallest absolute Gasteiger partial charge is 0.0906 e. The lowest BCUT2D eigenvalue weighted by Gasteiger charge is -2.12. The van der Waals surface area contributed by atoms with Crippen molar-refractivity contribution in [2.45, 2.75) is 19.4 Å². The molecule has 0 aliphatic rings. The molecule has 0 aliphatic carbocycles. The van der Waals surface area contributed by atoms with Crippen LogP contribution >= 0.6 is 0 Å². The molecule has 0 unspecified atom stereocenters. The van der Waals surface area contributed by atoms with E-state index in [0.717, 1.165) is 6.54 Å². The predicted octanol–water partition coefficient (Wildman–Crippen LogP) is 2.09. The van der Waals surface area contributed by atoms with Crippen LogP contribution in [0.5, 0.6) is 0 Å². The highest BCUT2D eigenvalue weighted by Crippen LogP contribution is 2.09. The van der Waals surface area contributed by atoms with Gasteiger partial charge in [0.1, 0.15) is 0 Å². The first-order valence-electron chi connectivity index (χ1n) is 4.54. The number of hydrogen-bond acceptors (Lipinski definition) is 2. The lowest BCUT2D eigenvalue weighted by molar-refractivity contribution is 0.446. The lowest BCUT2D eigenvalue weighted by atomic mass is 10.1. The van der Waals surface area contributed by atoms with Crippen molar-refractivity contribution in [1.82, 2.24) is 10.3 Å². The largest absolute Gasteiger partial charge is 0.310 e. The number of aromatic nitrogens is 1. The zero-order chi connectivity index (χ0) is 9.52. The van der Waals surface area contributed by atoms with Gasteiger partial charge in [0.15, 0.2) is 0 Å². The van der Waals surface area contributed by atoms with E-state index in [0.29, 0.717) is 6.42 Å². The number of rotatable bonds is 5. The van der Waals surface area contributed by atoms with Crippen molar-refractivity contribution in [3.05, 3.63) is 30.1 Å². The van der Waals surface area contributed by atoms with E-state index in [2.05, 4.69) is 17.2 Å². The maximum Gasteiger partial charge on any atom is 0.0906 e. The summed E-state index contributed by atoms with van der Waals surface area (Å²) in [5.41, 5.74) is 1.19. The molecule has 0 aromatic carbocycles. The van der Waals surface area contributed by atoms with E-state index in [-0.39, 0.29) is 12.7 Å². The fourth-order valence-corrected chi connectivity index (χ4v) is 1.16. The minimum absolute atomic E-state index is 0.254. The molecule has 0 amide bonds. The minimum atomic E-state index is -0.254. The van der Waals surface area contributed by atoms with Crippen molar-refractivity contribution in [2.24, 2.45) is 0 Å². The third-order valence-corrected chi connectivity index (χ3v) is 1.97. The molecule has 13 heavy (non-hydrogen) atoms. The maximum absolute atomic E-state index is 11.8. The average Bonchev–Trinajstić information content (AvgIpc) is 2.19. The summed E-state index contributed by atoms with van der Waals surface area (Å²) in [6.07, 6.45) is 4.11. The molecule has 0 fully saturated rings. The molecule has 2 nitrogen and oxygen atoms in total. The Bertz CT molecular complexity index is 226. The van der Waals surface area contributed by atoms with E-state index in [4.69, 9.17) is 0 Å². The SMILES string of the molecule is C[C@@H](NCCCF)c1ccncc1. The van der Waals surface area contributed by atoms with E-state index < -0.39 is 0 Å². The Morgan fingerprint density at radius 2 is 2.15 bits per heavy atom. The van der Waals surface area contributed by atoms with Crippen LogP contribution in [0, 0.1) is 0 Å². The second-order valence-electron chi connectivity index (χ2n) is 3.00. The molecule has 0 aliphatic heterocycles. The molecule has 0 spiro atoms. The van der Waals surface area contributed by atoms with Gasteiger partial charge in [-0.15, -0.1) is 0 Å². The van der Waals surface area contributed by atoms with Crippen LogP contribution in [-0.4, -0.2) is 18.2 Å². The molecule has 0 radical (unpaired) electrons. The second kappa shape index (κ2) is 5.65. The minimum Gasteiger partial charge on any atom is -0.310 e. The van der Waals surface area contributed by atoms with Crippen LogP contribution in [0.25, 0.3) is 0 Å². The summed E-state index contributed by atoms with van der Waals surface area (Å²) in [4.78, 5) is 3.94. The van der Waals surface area contributed by atoms with Gasteiger partial charge in [-0.05, 0) is 37.6 Å². The topological polar surface area (TPSA) is 24.9 Å². The van der Waals surface area contributed by atoms with Gasteiger partial charge in [0.05, 0.1) is 6.67 Å². The molecule has 72 valence electrons. The Labute approximate surface area is 78.2 Å². The van der Waals surface area contributed by atoms with Crippen molar-refractivity contribution < 1.29 is 4.39 Å². The van der Waals surface area contributed by atoms with Crippen LogP contribution in [0.1, 0.15) is 24.9 Å². The summed E-state index contributed by atoms with van der Waals surface area (Å²) in [6, 6.07) is 4.20. The van der Waals surface area contributed by atoms with Crippen LogP contribution in [0.15, 0.2) is 24.5 Å². The monoisotopic (exact) mass is 182 g/mol. The van der Waals surface area contributed by atoms with Gasteiger partial charge in [0.25, 0.3) is 0 Å². The molecule has 3 heteroatoms. The molecule has 0 saturated heterocycles. The van der Waals surface area contributed by atoms with E-state index in [1.54, 1.807) is 12.4 Å². The van der Waals surface area contributed by atoms with Gasteiger partial charge in [-0.3, -0.25) is 9.37 Å². The van der Waals surface area contributed by atoms with Gasteiger partial charge in [-0.2, -0.15) is 0 Å². The van der Waals surface area contributed by atoms with Crippen molar-refractivity contribution >= 4 is 0 Å². The second-order valence-corrected chi connectivity index (χ2v) is 3.00. The Morgan fingerprint density at radius 1 is 1.46 bits per heavy atom. The van der Waals surface area contributed by atoms with Gasteiger partial charge in [0.2, 0.25) is 0 Å². The third kappa shape index (κ3) is 3.51. The predicted molar refractivity (Wildman–Crippen MR) is 51.2 cm³/mol. The molecular weight excluding hydrogens is 167 g/mol. The first kappa shape index (κ1) is 10.1. The number of hydrogen-bond donors (Lipinski definition) is 1. The fourth-order valence-electron chi connectivity index (χ4n) is 1.16. The molecule has 1 atom stereocenters. The van der Waals surface area contributed by atoms with E-state index in [1.807, 2.05) is 12.1 Å². The summed E-state index contributed by atoms with van der Waals surface area (Å²) in [6.45, 7) is 2.53. The van der Waals surface area contributed by atoms with Crippen LogP contribution in [0.2, 0.25) is 0 Å². The van der Waals surface area contributed by atoms with E-state index in [9.17, 15) is 4.39 Å².